The van der Waals surface area contributed by atoms with E-state index in [4.69, 9.17) is 0 Å². The first-order valence-corrected chi connectivity index (χ1v) is 6.08. The van der Waals surface area contributed by atoms with Crippen molar-refractivity contribution in [3.05, 3.63) is 12.0 Å². The highest BCUT2D eigenvalue weighted by atomic mass is 19.4. The molecule has 20 heavy (non-hydrogen) atoms. The third-order valence-electron chi connectivity index (χ3n) is 2.34. The van der Waals surface area contributed by atoms with Crippen LogP contribution in [0.15, 0.2) is 12.0 Å². The summed E-state index contributed by atoms with van der Waals surface area (Å²) in [6, 6.07) is 0. The summed E-state index contributed by atoms with van der Waals surface area (Å²) in [6.45, 7) is 3.09. The summed E-state index contributed by atoms with van der Waals surface area (Å²) in [5, 5.41) is 0. The van der Waals surface area contributed by atoms with Crippen LogP contribution in [0.3, 0.4) is 0 Å². The molecule has 0 aliphatic rings. The molecule has 0 bridgehead atoms. The van der Waals surface area contributed by atoms with E-state index in [1.165, 1.54) is 17.0 Å². The number of nitrogens with zero attached hydrogens (tertiary/aromatic N) is 2. The van der Waals surface area contributed by atoms with Gasteiger partial charge in [-0.25, -0.2) is 4.58 Å². The lowest BCUT2D eigenvalue weighted by Gasteiger charge is -2.21. The molecule has 0 saturated carbocycles. The van der Waals surface area contributed by atoms with Gasteiger partial charge in [-0.3, -0.25) is 0 Å². The zero-order chi connectivity index (χ0) is 16.0. The lowest BCUT2D eigenvalue weighted by Crippen LogP contribution is -2.40. The minimum absolute atomic E-state index is 0.0531. The van der Waals surface area contributed by atoms with Crippen molar-refractivity contribution in [3.8, 4) is 0 Å². The Kier molecular flexibility index (Phi) is 6.95. The Balaban J connectivity index is 4.99. The molecule has 0 amide bonds. The van der Waals surface area contributed by atoms with Gasteiger partial charge >= 0.3 is 12.1 Å². The Morgan fingerprint density at radius 2 is 1.60 bits per heavy atom. The smallest absolute Gasteiger partial charge is 0.456 e. The van der Waals surface area contributed by atoms with Crippen LogP contribution in [0.2, 0.25) is 0 Å². The van der Waals surface area contributed by atoms with Crippen LogP contribution in [0.4, 0.5) is 22.0 Å². The predicted molar refractivity (Wildman–Crippen MR) is 66.1 cm³/mol. The lowest BCUT2D eigenvalue weighted by atomic mass is 10.3. The van der Waals surface area contributed by atoms with Gasteiger partial charge in [0.15, 0.2) is 12.4 Å². The summed E-state index contributed by atoms with van der Waals surface area (Å²) < 4.78 is 67.9. The summed E-state index contributed by atoms with van der Waals surface area (Å²) in [6.07, 6.45) is -2.87. The predicted octanol–water partition coefficient (Wildman–Crippen LogP) is 2.73. The molecule has 0 rings (SSSR count). The van der Waals surface area contributed by atoms with Gasteiger partial charge in [0.25, 0.3) is 0 Å². The number of halogens is 5. The first-order chi connectivity index (χ1) is 9.03. The molecule has 118 valence electrons. The molecule has 0 fully saturated rings. The summed E-state index contributed by atoms with van der Waals surface area (Å²) in [7, 11) is 3.22. The SMILES string of the molecule is CCN(/C=C(\C=[N+](C)C)OCC(F)(F)C(F)(F)F)CC. The Morgan fingerprint density at radius 3 is 1.95 bits per heavy atom. The largest absolute Gasteiger partial charge is 0.480 e. The van der Waals surface area contributed by atoms with Gasteiger partial charge in [0.05, 0.1) is 0 Å². The molecule has 0 aromatic carbocycles. The average Bonchev–Trinajstić information content (AvgIpc) is 2.30. The zero-order valence-corrected chi connectivity index (χ0v) is 12.0. The molecule has 0 aromatic heterocycles. The molecule has 3 nitrogen and oxygen atoms in total. The molecule has 0 N–H and O–H groups in total. The summed E-state index contributed by atoms with van der Waals surface area (Å²) in [5.41, 5.74) is 0. The molecule has 0 unspecified atom stereocenters. The minimum atomic E-state index is -5.62. The number of allylic oxidation sites excluding steroid dienone is 1. The molecule has 8 heteroatoms. The fraction of sp³-hybridized carbons (Fsp3) is 0.750. The van der Waals surface area contributed by atoms with E-state index in [1.54, 1.807) is 19.0 Å². The number of hydrogen-bond acceptors (Lipinski definition) is 2. The maximum Gasteiger partial charge on any atom is 0.456 e. The van der Waals surface area contributed by atoms with E-state index in [-0.39, 0.29) is 5.76 Å². The van der Waals surface area contributed by atoms with Crippen molar-refractivity contribution in [3.63, 3.8) is 0 Å². The number of alkyl halides is 5. The van der Waals surface area contributed by atoms with Crippen molar-refractivity contribution in [1.29, 1.82) is 0 Å². The first-order valence-electron chi connectivity index (χ1n) is 6.08. The summed E-state index contributed by atoms with van der Waals surface area (Å²) in [5.74, 6) is -4.93. The Morgan fingerprint density at radius 1 is 1.10 bits per heavy atom. The van der Waals surface area contributed by atoms with Crippen LogP contribution in [0.25, 0.3) is 0 Å². The van der Waals surface area contributed by atoms with E-state index >= 15 is 0 Å². The van der Waals surface area contributed by atoms with E-state index < -0.39 is 18.7 Å². The second kappa shape index (κ2) is 7.44. The second-order valence-electron chi connectivity index (χ2n) is 4.34. The Hall–Kier alpha value is -1.34. The molecular formula is C12H20F5N2O+. The van der Waals surface area contributed by atoms with Gasteiger partial charge < -0.3 is 9.64 Å². The van der Waals surface area contributed by atoms with Crippen LogP contribution in [0.5, 0.6) is 0 Å². The first kappa shape index (κ1) is 18.7. The molecule has 0 aliphatic heterocycles. The zero-order valence-electron chi connectivity index (χ0n) is 12.0. The fourth-order valence-corrected chi connectivity index (χ4v) is 1.20. The second-order valence-corrected chi connectivity index (χ2v) is 4.34. The quantitative estimate of drug-likeness (QED) is 0.311. The van der Waals surface area contributed by atoms with E-state index in [0.29, 0.717) is 13.1 Å². The molecule has 0 radical (unpaired) electrons. The van der Waals surface area contributed by atoms with Crippen LogP contribution >= 0.6 is 0 Å². The summed E-state index contributed by atoms with van der Waals surface area (Å²) in [4.78, 5) is 1.72. The monoisotopic (exact) mass is 303 g/mol. The third kappa shape index (κ3) is 6.21. The maximum absolute atomic E-state index is 12.8. The third-order valence-corrected chi connectivity index (χ3v) is 2.34. The van der Waals surface area contributed by atoms with Crippen molar-refractivity contribution >= 4 is 6.21 Å². The number of ether oxygens (including phenoxy) is 1. The minimum Gasteiger partial charge on any atom is -0.480 e. The van der Waals surface area contributed by atoms with Crippen LogP contribution in [0.1, 0.15) is 13.8 Å². The van der Waals surface area contributed by atoms with Crippen LogP contribution in [0, 0.1) is 0 Å². The van der Waals surface area contributed by atoms with E-state index in [2.05, 4.69) is 4.74 Å². The molecule has 0 atom stereocenters. The Labute approximate surface area is 115 Å². The van der Waals surface area contributed by atoms with Crippen molar-refractivity contribution in [1.82, 2.24) is 4.90 Å². The fourth-order valence-electron chi connectivity index (χ4n) is 1.20. The number of rotatable bonds is 7. The number of hydrogen-bond donors (Lipinski definition) is 0. The van der Waals surface area contributed by atoms with E-state index in [1.807, 2.05) is 13.8 Å². The van der Waals surface area contributed by atoms with Gasteiger partial charge in [-0.2, -0.15) is 22.0 Å². The topological polar surface area (TPSA) is 15.5 Å². The van der Waals surface area contributed by atoms with Gasteiger partial charge in [-0.1, -0.05) is 0 Å². The lowest BCUT2D eigenvalue weighted by molar-refractivity contribution is -0.459. The average molecular weight is 303 g/mol. The molecular weight excluding hydrogens is 283 g/mol. The van der Waals surface area contributed by atoms with Crippen LogP contribution in [-0.4, -0.2) is 61.6 Å². The van der Waals surface area contributed by atoms with Crippen molar-refractivity contribution in [2.45, 2.75) is 25.9 Å². The van der Waals surface area contributed by atoms with Gasteiger partial charge in [0.1, 0.15) is 14.1 Å². The standard InChI is InChI=1S/C12H20F5N2O/c1-5-19(6-2)8-10(7-18(3)4)20-9-11(13,14)12(15,16)17/h7-8H,5-6,9H2,1-4H3/q+1. The highest BCUT2D eigenvalue weighted by molar-refractivity contribution is 5.71. The van der Waals surface area contributed by atoms with Crippen molar-refractivity contribution in [2.75, 3.05) is 33.8 Å². The van der Waals surface area contributed by atoms with E-state index in [9.17, 15) is 22.0 Å². The van der Waals surface area contributed by atoms with Crippen LogP contribution < -0.4 is 0 Å². The van der Waals surface area contributed by atoms with Gasteiger partial charge in [-0.05, 0) is 13.8 Å². The molecule has 0 saturated heterocycles. The molecule has 0 aromatic rings. The van der Waals surface area contributed by atoms with Gasteiger partial charge in [-0.15, -0.1) is 0 Å². The maximum atomic E-state index is 12.8. The highest BCUT2D eigenvalue weighted by Crippen LogP contribution is 2.35. The van der Waals surface area contributed by atoms with Crippen molar-refractivity contribution < 1.29 is 31.3 Å². The van der Waals surface area contributed by atoms with Crippen LogP contribution in [-0.2, 0) is 4.74 Å². The highest BCUT2D eigenvalue weighted by Gasteiger charge is 2.58. The van der Waals surface area contributed by atoms with Crippen molar-refractivity contribution in [2.24, 2.45) is 0 Å². The van der Waals surface area contributed by atoms with E-state index in [0.717, 1.165) is 0 Å². The molecule has 0 spiro atoms. The summed E-state index contributed by atoms with van der Waals surface area (Å²) >= 11 is 0. The normalized spacial score (nSPS) is 13.2. The Bertz CT molecular complexity index is 355. The van der Waals surface area contributed by atoms with Gasteiger partial charge in [0.2, 0.25) is 6.21 Å². The molecule has 0 heterocycles. The van der Waals surface area contributed by atoms with Gasteiger partial charge in [0, 0.05) is 19.3 Å². The molecule has 0 aliphatic carbocycles.